The van der Waals surface area contributed by atoms with Gasteiger partial charge < -0.3 is 18.3 Å². The van der Waals surface area contributed by atoms with E-state index in [4.69, 9.17) is 18.6 Å². The van der Waals surface area contributed by atoms with Gasteiger partial charge in [-0.05, 0) is 0 Å². The van der Waals surface area contributed by atoms with Crippen LogP contribution < -0.4 is 77.6 Å². The van der Waals surface area contributed by atoms with E-state index in [1.807, 2.05) is 364 Å². The molecule has 0 saturated heterocycles. The van der Waals surface area contributed by atoms with Crippen LogP contribution in [0.25, 0.3) is 0 Å². The fourth-order valence-electron chi connectivity index (χ4n) is 9.44. The van der Waals surface area contributed by atoms with E-state index >= 15 is 0 Å². The molecule has 0 heterocycles. The summed E-state index contributed by atoms with van der Waals surface area (Å²) < 4.78 is 88.0. The third-order valence-corrected chi connectivity index (χ3v) is 25.7. The Hall–Kier alpha value is -6.93. The molecule has 0 aliphatic heterocycles. The topological polar surface area (TPSA) is 158 Å². The summed E-state index contributed by atoms with van der Waals surface area (Å²) in [6, 6.07) is 117. The summed E-state index contributed by atoms with van der Waals surface area (Å²) >= 11 is 0. The molecule has 0 aromatic heterocycles. The number of benzene rings is 12. The predicted octanol–water partition coefficient (Wildman–Crippen LogP) is 9.18. The van der Waals surface area contributed by atoms with Crippen molar-refractivity contribution in [3.05, 3.63) is 364 Å². The van der Waals surface area contributed by atoms with Gasteiger partial charge in [0.1, 0.15) is 0 Å². The first-order valence-corrected chi connectivity index (χ1v) is 35.1. The first kappa shape index (κ1) is 66.6. The molecule has 0 aliphatic rings. The van der Waals surface area contributed by atoms with E-state index < -0.39 is 38.8 Å². The van der Waals surface area contributed by atoms with Gasteiger partial charge in [0.2, 0.25) is 0 Å². The SMILES string of the molecule is O=P(c1ccccc1)(c1ccccc1)c1ccccc1.O=P(c1ccccc1)(c1ccccc1)c1ccccc1.O=P(c1ccccc1)(c1ccccc1)c1ccccc1.O=P(c1ccccc1)(c1ccccc1)c1ccccc1.[Ce+3].[O-][Cl+3]([O-])([O-])O. The summed E-state index contributed by atoms with van der Waals surface area (Å²) in [7, 11) is -15.8. The molecule has 0 spiro atoms. The molecular weight excluding hydrogens is 1290 g/mol. The molecule has 12 aromatic rings. The standard InChI is InChI=1S/4C18H15OP.Ce.ClHO4/c4*19-20(16-10-4-1-5-11-16,17-12-6-2-7-13-17)18-14-8-3-9-15-18;;2-1(3,4)5/h4*1-15H;;(H,2,3,4,5)/q;;;;+3;. The third-order valence-electron chi connectivity index (χ3n) is 13.4. The van der Waals surface area contributed by atoms with Gasteiger partial charge in [0.05, 0.1) is 14.9 Å². The zero-order valence-corrected chi connectivity index (χ0v) is 54.1. The van der Waals surface area contributed by atoms with Gasteiger partial charge in [-0.25, -0.2) is 0 Å². The first-order chi connectivity index (χ1) is 41.3. The van der Waals surface area contributed by atoms with E-state index in [0.29, 0.717) is 0 Å². The third kappa shape index (κ3) is 17.2. The van der Waals surface area contributed by atoms with E-state index in [9.17, 15) is 18.3 Å². The average molecular weight is 1350 g/mol. The fourth-order valence-corrected chi connectivity index (χ4v) is 20.1. The molecule has 14 heteroatoms. The number of hydrogen-bond acceptors (Lipinski definition) is 8. The van der Waals surface area contributed by atoms with Gasteiger partial charge in [-0.15, -0.1) is 0 Å². The largest absolute Gasteiger partial charge is 3.00 e. The van der Waals surface area contributed by atoms with Gasteiger partial charge in [-0.2, -0.15) is 14.0 Å². The average Bonchev–Trinajstić information content (AvgIpc) is 2.53. The normalized spacial score (nSPS) is 11.1. The van der Waals surface area contributed by atoms with Crippen molar-refractivity contribution in [3.8, 4) is 0 Å². The van der Waals surface area contributed by atoms with Crippen LogP contribution in [0.4, 0.5) is 0 Å². The monoisotopic (exact) mass is 1350 g/mol. The zero-order chi connectivity index (χ0) is 59.9. The zero-order valence-electron chi connectivity index (χ0n) is 46.6. The maximum Gasteiger partial charge on any atom is 3.00 e. The van der Waals surface area contributed by atoms with Crippen molar-refractivity contribution in [1.82, 2.24) is 0 Å². The first-order valence-electron chi connectivity index (χ1n) is 27.0. The van der Waals surface area contributed by atoms with Crippen LogP contribution in [0.3, 0.4) is 0 Å². The maximum absolute atomic E-state index is 13.8. The van der Waals surface area contributed by atoms with Crippen LogP contribution >= 0.6 is 28.6 Å². The molecule has 0 atom stereocenters. The molecule has 0 unspecified atom stereocenters. The maximum atomic E-state index is 13.8. The Morgan fingerprint density at radius 3 is 0.302 bits per heavy atom. The van der Waals surface area contributed by atoms with E-state index in [-0.39, 0.29) is 41.7 Å². The molecule has 425 valence electrons. The van der Waals surface area contributed by atoms with Crippen LogP contribution in [0.15, 0.2) is 364 Å². The Bertz CT molecular complexity index is 3130. The van der Waals surface area contributed by atoms with E-state index in [0.717, 1.165) is 63.7 Å². The number of halogens is 1. The summed E-state index contributed by atoms with van der Waals surface area (Å²) in [5, 5.41) is 10.5. The van der Waals surface area contributed by atoms with Gasteiger partial charge in [-0.1, -0.05) is 364 Å². The quantitative estimate of drug-likeness (QED) is 0.119. The molecule has 12 aromatic carbocycles. The summed E-state index contributed by atoms with van der Waals surface area (Å²) in [6.07, 6.45) is 0. The molecule has 8 nitrogen and oxygen atoms in total. The van der Waals surface area contributed by atoms with Crippen LogP contribution in [0.5, 0.6) is 0 Å². The van der Waals surface area contributed by atoms with Gasteiger partial charge in [0.15, 0.2) is 28.6 Å². The van der Waals surface area contributed by atoms with Gasteiger partial charge in [-0.3, -0.25) is 0 Å². The molecule has 0 bridgehead atoms. The summed E-state index contributed by atoms with van der Waals surface area (Å²) in [5.74, 6) is 0. The molecule has 0 fully saturated rings. The predicted molar refractivity (Wildman–Crippen MR) is 346 cm³/mol. The molecule has 12 rings (SSSR count). The Morgan fingerprint density at radius 2 is 0.244 bits per heavy atom. The van der Waals surface area contributed by atoms with Gasteiger partial charge in [0.25, 0.3) is 0 Å². The van der Waals surface area contributed by atoms with Gasteiger partial charge >= 0.3 is 41.7 Å². The van der Waals surface area contributed by atoms with E-state index in [2.05, 4.69) is 0 Å². The minimum Gasteiger partial charge on any atom is -0.309 e. The minimum atomic E-state index is -4.69. The molecule has 0 saturated carbocycles. The fraction of sp³-hybridized carbons (Fsp3) is 0. The molecular formula is C72H61CeClO8P4+3. The van der Waals surface area contributed by atoms with Gasteiger partial charge in [0, 0.05) is 63.7 Å². The summed E-state index contributed by atoms with van der Waals surface area (Å²) in [4.78, 5) is 0. The minimum absolute atomic E-state index is 0. The summed E-state index contributed by atoms with van der Waals surface area (Å²) in [6.45, 7) is 0. The van der Waals surface area contributed by atoms with Crippen molar-refractivity contribution < 1.29 is 88.9 Å². The molecule has 0 aliphatic carbocycles. The molecule has 1 N–H and O–H groups in total. The Morgan fingerprint density at radius 1 is 0.186 bits per heavy atom. The second-order valence-corrected chi connectivity index (χ2v) is 30.7. The second kappa shape index (κ2) is 32.7. The van der Waals surface area contributed by atoms with Crippen LogP contribution in [0.2, 0.25) is 0 Å². The van der Waals surface area contributed by atoms with Crippen molar-refractivity contribution in [2.45, 2.75) is 0 Å². The van der Waals surface area contributed by atoms with Crippen molar-refractivity contribution in [2.24, 2.45) is 0 Å². The van der Waals surface area contributed by atoms with Crippen molar-refractivity contribution >= 4 is 92.2 Å². The van der Waals surface area contributed by atoms with Crippen LogP contribution in [0.1, 0.15) is 0 Å². The Kier molecular flexibility index (Phi) is 25.3. The smallest absolute Gasteiger partial charge is 0.309 e. The Balaban J connectivity index is 0.000000159. The van der Waals surface area contributed by atoms with Crippen LogP contribution in [-0.2, 0) is 18.3 Å². The van der Waals surface area contributed by atoms with E-state index in [1.54, 1.807) is 0 Å². The van der Waals surface area contributed by atoms with Crippen LogP contribution in [-0.4, -0.2) is 4.66 Å². The molecule has 1 radical (unpaired) electrons. The van der Waals surface area contributed by atoms with Crippen molar-refractivity contribution in [3.63, 3.8) is 0 Å². The second-order valence-electron chi connectivity index (χ2n) is 18.9. The number of hydrogen-bond donors (Lipinski definition) is 1. The van der Waals surface area contributed by atoms with Crippen molar-refractivity contribution in [2.75, 3.05) is 0 Å². The van der Waals surface area contributed by atoms with E-state index in [1.165, 1.54) is 0 Å². The Labute approximate surface area is 540 Å². The molecule has 0 amide bonds. The molecule has 86 heavy (non-hydrogen) atoms. The van der Waals surface area contributed by atoms with Crippen molar-refractivity contribution in [1.29, 1.82) is 0 Å². The van der Waals surface area contributed by atoms with Crippen LogP contribution in [0, 0.1) is 52.0 Å². The summed E-state index contributed by atoms with van der Waals surface area (Å²) in [5.41, 5.74) is 0. The number of rotatable bonds is 12.